The van der Waals surface area contributed by atoms with Crippen LogP contribution in [0.5, 0.6) is 11.6 Å². The smallest absolute Gasteiger partial charge is 0.213 e. The van der Waals surface area contributed by atoms with Crippen molar-refractivity contribution in [3.63, 3.8) is 0 Å². The number of fused-ring (bicyclic) bond motifs is 2. The predicted molar refractivity (Wildman–Crippen MR) is 125 cm³/mol. The first kappa shape index (κ1) is 21.6. The molecule has 4 atom stereocenters. The molecule has 172 valence electrons. The number of piperidine rings is 1. The van der Waals surface area contributed by atoms with Gasteiger partial charge in [0.15, 0.2) is 5.82 Å². The van der Waals surface area contributed by atoms with Crippen molar-refractivity contribution in [2.75, 3.05) is 32.6 Å². The highest BCUT2D eigenvalue weighted by Crippen LogP contribution is 2.49. The van der Waals surface area contributed by atoms with Crippen LogP contribution in [0.15, 0.2) is 48.7 Å². The summed E-state index contributed by atoms with van der Waals surface area (Å²) in [5.74, 6) is 1.51. The summed E-state index contributed by atoms with van der Waals surface area (Å²) in [7, 11) is 5.46. The zero-order valence-corrected chi connectivity index (χ0v) is 19.2. The molecule has 33 heavy (non-hydrogen) atoms. The molecule has 5 rings (SSSR count). The minimum absolute atomic E-state index is 0.103. The van der Waals surface area contributed by atoms with Crippen molar-refractivity contribution >= 4 is 5.82 Å². The van der Waals surface area contributed by atoms with Crippen LogP contribution in [0.2, 0.25) is 0 Å². The zero-order chi connectivity index (χ0) is 23.3. The van der Waals surface area contributed by atoms with Gasteiger partial charge in [-0.1, -0.05) is 6.07 Å². The fourth-order valence-corrected chi connectivity index (χ4v) is 5.42. The second-order valence-electron chi connectivity index (χ2n) is 9.30. The summed E-state index contributed by atoms with van der Waals surface area (Å²) in [4.78, 5) is 8.17. The van der Waals surface area contributed by atoms with Gasteiger partial charge in [-0.3, -0.25) is 4.90 Å². The summed E-state index contributed by atoms with van der Waals surface area (Å²) >= 11 is 0. The topological polar surface area (TPSA) is 74.6 Å². The number of nitrogens with zero attached hydrogens (tertiary/aromatic N) is 5. The Morgan fingerprint density at radius 3 is 2.58 bits per heavy atom. The monoisotopic (exact) mass is 449 g/mol. The highest BCUT2D eigenvalue weighted by molar-refractivity contribution is 5.74. The number of ether oxygens (including phenoxy) is 1. The van der Waals surface area contributed by atoms with Crippen molar-refractivity contribution in [1.29, 1.82) is 0 Å². The normalized spacial score (nSPS) is 26.5. The van der Waals surface area contributed by atoms with Crippen LogP contribution < -0.4 is 9.64 Å². The maximum atomic E-state index is 15.3. The lowest BCUT2D eigenvalue weighted by Gasteiger charge is -2.42. The zero-order valence-electron chi connectivity index (χ0n) is 19.2. The highest BCUT2D eigenvalue weighted by atomic mass is 19.1. The van der Waals surface area contributed by atoms with Crippen LogP contribution in [0, 0.1) is 5.92 Å². The molecule has 0 radical (unpaired) electrons. The third-order valence-corrected chi connectivity index (χ3v) is 7.44. The molecule has 8 heteroatoms. The summed E-state index contributed by atoms with van der Waals surface area (Å²) in [6.45, 7) is 2.90. The van der Waals surface area contributed by atoms with Crippen molar-refractivity contribution in [3.8, 4) is 34.0 Å². The largest absolute Gasteiger partial charge is 0.507 e. The fraction of sp³-hybridized carbons (Fsp3) is 0.400. The molecule has 3 aromatic rings. The molecule has 2 aliphatic rings. The average Bonchev–Trinajstić information content (AvgIpc) is 3.27. The van der Waals surface area contributed by atoms with E-state index >= 15 is 4.39 Å². The van der Waals surface area contributed by atoms with Gasteiger partial charge in [-0.05, 0) is 67.8 Å². The predicted octanol–water partition coefficient (Wildman–Crippen LogP) is 3.79. The molecule has 0 spiro atoms. The van der Waals surface area contributed by atoms with Gasteiger partial charge in [-0.15, -0.1) is 10.2 Å². The Bertz CT molecular complexity index is 1170. The number of benzene rings is 1. The molecular weight excluding hydrogens is 421 g/mol. The van der Waals surface area contributed by atoms with Gasteiger partial charge < -0.3 is 14.7 Å². The van der Waals surface area contributed by atoms with Gasteiger partial charge in [0.1, 0.15) is 11.9 Å². The summed E-state index contributed by atoms with van der Waals surface area (Å²) < 4.78 is 20.5. The molecule has 2 bridgehead atoms. The van der Waals surface area contributed by atoms with E-state index in [-0.39, 0.29) is 17.7 Å². The molecule has 2 fully saturated rings. The van der Waals surface area contributed by atoms with E-state index < -0.39 is 11.7 Å². The first-order valence-corrected chi connectivity index (χ1v) is 11.1. The third-order valence-electron chi connectivity index (χ3n) is 7.44. The van der Waals surface area contributed by atoms with Crippen molar-refractivity contribution in [1.82, 2.24) is 20.1 Å². The van der Waals surface area contributed by atoms with Crippen molar-refractivity contribution < 1.29 is 14.2 Å². The molecule has 1 aliphatic heterocycles. The van der Waals surface area contributed by atoms with Crippen LogP contribution in [0.3, 0.4) is 0 Å². The Morgan fingerprint density at radius 2 is 1.94 bits per heavy atom. The van der Waals surface area contributed by atoms with E-state index in [4.69, 9.17) is 4.74 Å². The van der Waals surface area contributed by atoms with Crippen LogP contribution in [-0.4, -0.2) is 70.7 Å². The lowest BCUT2D eigenvalue weighted by Crippen LogP contribution is -2.57. The van der Waals surface area contributed by atoms with E-state index in [0.29, 0.717) is 23.0 Å². The Morgan fingerprint density at radius 1 is 1.15 bits per heavy atom. The van der Waals surface area contributed by atoms with Crippen molar-refractivity contribution in [3.05, 3.63) is 48.7 Å². The number of hydrogen-bond donors (Lipinski definition) is 1. The van der Waals surface area contributed by atoms with E-state index in [9.17, 15) is 5.11 Å². The standard InChI is InChI=1S/C25H28FN5O2/c1-25-13-17(14-30(25)2)23(24(25)26)31(3)21-8-7-19(28-29-21)18-6-5-15(11-20(18)32)16-9-10-27-22(12-16)33-4/h5-12,17,23-24,32H,13-14H2,1-4H3/t17?,23-,24+,25-/m0/s1. The van der Waals surface area contributed by atoms with Gasteiger partial charge in [0.25, 0.3) is 0 Å². The van der Waals surface area contributed by atoms with Crippen LogP contribution in [0.1, 0.15) is 13.3 Å². The molecule has 7 nitrogen and oxygen atoms in total. The molecule has 1 aromatic carbocycles. The number of aromatic nitrogens is 3. The Kier molecular flexibility index (Phi) is 5.20. The second kappa shape index (κ2) is 7.95. The number of pyridine rings is 1. The Hall–Kier alpha value is -3.26. The maximum absolute atomic E-state index is 15.3. The number of alkyl halides is 1. The number of phenols is 1. The molecular formula is C25H28FN5O2. The minimum atomic E-state index is -0.948. The van der Waals surface area contributed by atoms with E-state index in [1.54, 1.807) is 19.4 Å². The summed E-state index contributed by atoms with van der Waals surface area (Å²) in [5, 5.41) is 19.4. The molecule has 3 heterocycles. The summed E-state index contributed by atoms with van der Waals surface area (Å²) in [6, 6.07) is 12.5. The summed E-state index contributed by atoms with van der Waals surface area (Å²) in [5.41, 5.74) is 2.45. The van der Waals surface area contributed by atoms with Crippen LogP contribution >= 0.6 is 0 Å². The minimum Gasteiger partial charge on any atom is -0.507 e. The average molecular weight is 450 g/mol. The van der Waals surface area contributed by atoms with Gasteiger partial charge in [-0.25, -0.2) is 9.37 Å². The summed E-state index contributed by atoms with van der Waals surface area (Å²) in [6.07, 6.45) is 1.57. The number of halogens is 1. The highest BCUT2D eigenvalue weighted by Gasteiger charge is 2.60. The van der Waals surface area contributed by atoms with Crippen molar-refractivity contribution in [2.45, 2.75) is 31.1 Å². The van der Waals surface area contributed by atoms with E-state index in [1.807, 2.05) is 62.3 Å². The molecule has 1 unspecified atom stereocenters. The number of rotatable bonds is 5. The number of aromatic hydroxyl groups is 1. The molecule has 1 aliphatic carbocycles. The van der Waals surface area contributed by atoms with Gasteiger partial charge in [0.2, 0.25) is 5.88 Å². The van der Waals surface area contributed by atoms with Gasteiger partial charge in [0.05, 0.1) is 24.4 Å². The van der Waals surface area contributed by atoms with E-state index in [2.05, 4.69) is 20.1 Å². The molecule has 1 N–H and O–H groups in total. The quantitative estimate of drug-likeness (QED) is 0.635. The number of likely N-dealkylation sites (tertiary alicyclic amines) is 1. The third kappa shape index (κ3) is 3.49. The lowest BCUT2D eigenvalue weighted by atomic mass is 9.95. The Balaban J connectivity index is 1.37. The fourth-order valence-electron chi connectivity index (χ4n) is 5.42. The van der Waals surface area contributed by atoms with Gasteiger partial charge >= 0.3 is 0 Å². The Labute approximate surface area is 192 Å². The lowest BCUT2D eigenvalue weighted by molar-refractivity contribution is 0.0572. The van der Waals surface area contributed by atoms with E-state index in [1.165, 1.54) is 0 Å². The SMILES string of the molecule is COc1cc(-c2ccc(-c3ccc(N(C)[C@H]4C5CN(C)[C@@](C)(C5)[C@@H]4F)nn3)c(O)c2)ccn1. The number of anilines is 1. The van der Waals surface area contributed by atoms with Crippen LogP contribution in [-0.2, 0) is 0 Å². The molecule has 1 saturated carbocycles. The number of hydrogen-bond acceptors (Lipinski definition) is 7. The van der Waals surface area contributed by atoms with Gasteiger partial charge in [0, 0.05) is 31.4 Å². The second-order valence-corrected chi connectivity index (χ2v) is 9.30. The van der Waals surface area contributed by atoms with Crippen molar-refractivity contribution in [2.24, 2.45) is 5.92 Å². The molecule has 1 saturated heterocycles. The number of methoxy groups -OCH3 is 1. The van der Waals surface area contributed by atoms with Crippen LogP contribution in [0.25, 0.3) is 22.4 Å². The van der Waals surface area contributed by atoms with Gasteiger partial charge in [-0.2, -0.15) is 0 Å². The first-order chi connectivity index (χ1) is 15.8. The number of phenolic OH excluding ortho intramolecular Hbond substituents is 1. The molecule has 2 aromatic heterocycles. The maximum Gasteiger partial charge on any atom is 0.213 e. The van der Waals surface area contributed by atoms with E-state index in [0.717, 1.165) is 24.1 Å². The van der Waals surface area contributed by atoms with Crippen LogP contribution in [0.4, 0.5) is 10.2 Å². The first-order valence-electron chi connectivity index (χ1n) is 11.1. The molecule has 0 amide bonds.